The van der Waals surface area contributed by atoms with Crippen molar-refractivity contribution in [3.8, 4) is 0 Å². The Hall–Kier alpha value is 0.100. The van der Waals surface area contributed by atoms with E-state index in [0.29, 0.717) is 11.7 Å². The van der Waals surface area contributed by atoms with Crippen molar-refractivity contribution in [2.45, 2.75) is 31.8 Å². The molecule has 1 saturated carbocycles. The molecule has 0 amide bonds. The Morgan fingerprint density at radius 1 is 1.50 bits per heavy atom. The van der Waals surface area contributed by atoms with E-state index in [0.717, 1.165) is 27.1 Å². The maximum atomic E-state index is 11.2. The van der Waals surface area contributed by atoms with Crippen LogP contribution in [0.4, 0.5) is 0 Å². The summed E-state index contributed by atoms with van der Waals surface area (Å²) in [4.78, 5) is 11.2. The van der Waals surface area contributed by atoms with Crippen LogP contribution in [0.1, 0.15) is 26.2 Å². The average Bonchev–Trinajstić information content (AvgIpc) is 1.95. The summed E-state index contributed by atoms with van der Waals surface area (Å²) in [7, 11) is 0.962. The molecule has 1 unspecified atom stereocenters. The van der Waals surface area contributed by atoms with Gasteiger partial charge in [0.05, 0.1) is 0 Å². The molecule has 0 saturated heterocycles. The zero-order chi connectivity index (χ0) is 7.56. The van der Waals surface area contributed by atoms with Crippen LogP contribution in [0.15, 0.2) is 0 Å². The van der Waals surface area contributed by atoms with Gasteiger partial charge in [0.25, 0.3) is 0 Å². The van der Waals surface area contributed by atoms with Gasteiger partial charge in [0.15, 0.2) is 0 Å². The molecule has 2 heteroatoms. The molecular formula is C8H15OP. The summed E-state index contributed by atoms with van der Waals surface area (Å²) in [5.41, 5.74) is 0.726. The number of carbonyl (C=O) groups excluding carboxylic acids is 1. The van der Waals surface area contributed by atoms with Crippen LogP contribution >= 0.6 is 8.58 Å². The predicted molar refractivity (Wildman–Crippen MR) is 46.0 cm³/mol. The molecule has 0 aromatic carbocycles. The van der Waals surface area contributed by atoms with Gasteiger partial charge in [-0.1, -0.05) is 6.92 Å². The van der Waals surface area contributed by atoms with Crippen molar-refractivity contribution in [1.82, 2.24) is 0 Å². The van der Waals surface area contributed by atoms with Gasteiger partial charge in [-0.2, -0.15) is 0 Å². The smallest absolute Gasteiger partial charge is 0.136 e. The molecule has 0 N–H and O–H groups in total. The maximum Gasteiger partial charge on any atom is 0.136 e. The number of Topliss-reactive ketones (excluding diaryl/α,β-unsaturated/α-hetero) is 1. The molecule has 0 aromatic heterocycles. The topological polar surface area (TPSA) is 17.1 Å². The van der Waals surface area contributed by atoms with Crippen LogP contribution in [-0.4, -0.2) is 18.1 Å². The molecule has 0 heterocycles. The second-order valence-electron chi connectivity index (χ2n) is 3.13. The highest BCUT2D eigenvalue weighted by Gasteiger charge is 2.23. The van der Waals surface area contributed by atoms with E-state index in [2.05, 4.69) is 13.6 Å². The van der Waals surface area contributed by atoms with Crippen LogP contribution in [0, 0.1) is 5.92 Å². The van der Waals surface area contributed by atoms with Gasteiger partial charge in [-0.3, -0.25) is 4.79 Å². The molecular weight excluding hydrogens is 143 g/mol. The standard InChI is InChI=1S/C8H15OP/c1-6-3-4-7(10-2)5-8(6)9/h6-7,10H,3-5H2,1-2H3/t6-,7+/m1/s1. The van der Waals surface area contributed by atoms with E-state index in [1.54, 1.807) is 0 Å². The lowest BCUT2D eigenvalue weighted by molar-refractivity contribution is -0.123. The maximum absolute atomic E-state index is 11.2. The van der Waals surface area contributed by atoms with E-state index in [1.165, 1.54) is 6.42 Å². The first kappa shape index (κ1) is 8.20. The molecule has 0 spiro atoms. The Kier molecular flexibility index (Phi) is 2.85. The second-order valence-corrected chi connectivity index (χ2v) is 4.53. The molecule has 0 aliphatic heterocycles. The second kappa shape index (κ2) is 3.48. The zero-order valence-corrected chi connectivity index (χ0v) is 7.68. The first-order chi connectivity index (χ1) is 4.74. The van der Waals surface area contributed by atoms with Crippen molar-refractivity contribution in [1.29, 1.82) is 0 Å². The summed E-state index contributed by atoms with van der Waals surface area (Å²) in [5, 5.41) is 0. The van der Waals surface area contributed by atoms with E-state index in [4.69, 9.17) is 0 Å². The van der Waals surface area contributed by atoms with Crippen molar-refractivity contribution in [3.05, 3.63) is 0 Å². The molecule has 58 valence electrons. The summed E-state index contributed by atoms with van der Waals surface area (Å²) < 4.78 is 0. The van der Waals surface area contributed by atoms with E-state index in [9.17, 15) is 4.79 Å². The average molecular weight is 158 g/mol. The molecule has 1 aliphatic rings. The van der Waals surface area contributed by atoms with Crippen molar-refractivity contribution in [2.24, 2.45) is 5.92 Å². The molecule has 10 heavy (non-hydrogen) atoms. The van der Waals surface area contributed by atoms with Gasteiger partial charge in [0.2, 0.25) is 0 Å². The number of hydrogen-bond donors (Lipinski definition) is 0. The van der Waals surface area contributed by atoms with Crippen molar-refractivity contribution >= 4 is 14.4 Å². The fourth-order valence-corrected chi connectivity index (χ4v) is 2.27. The molecule has 3 atom stereocenters. The van der Waals surface area contributed by atoms with Crippen LogP contribution in [0.3, 0.4) is 0 Å². The minimum Gasteiger partial charge on any atom is -0.299 e. The zero-order valence-electron chi connectivity index (χ0n) is 6.68. The Labute approximate surface area is 64.4 Å². The fourth-order valence-electron chi connectivity index (χ4n) is 1.40. The predicted octanol–water partition coefficient (Wildman–Crippen LogP) is 2.05. The Morgan fingerprint density at radius 2 is 2.20 bits per heavy atom. The Morgan fingerprint density at radius 3 is 2.70 bits per heavy atom. The SMILES string of the molecule is CP[C@H]1CC[C@@H](C)C(=O)C1. The summed E-state index contributed by atoms with van der Waals surface area (Å²) in [6, 6.07) is 0. The van der Waals surface area contributed by atoms with Crippen LogP contribution in [0.5, 0.6) is 0 Å². The Bertz CT molecular complexity index is 133. The lowest BCUT2D eigenvalue weighted by Gasteiger charge is -2.23. The third-order valence-electron chi connectivity index (χ3n) is 2.35. The van der Waals surface area contributed by atoms with Crippen LogP contribution < -0.4 is 0 Å². The number of hydrogen-bond acceptors (Lipinski definition) is 1. The van der Waals surface area contributed by atoms with E-state index in [1.807, 2.05) is 0 Å². The van der Waals surface area contributed by atoms with Gasteiger partial charge in [0, 0.05) is 12.3 Å². The van der Waals surface area contributed by atoms with Crippen LogP contribution in [0.25, 0.3) is 0 Å². The highest BCUT2D eigenvalue weighted by molar-refractivity contribution is 7.38. The Balaban J connectivity index is 2.41. The van der Waals surface area contributed by atoms with Crippen LogP contribution in [0.2, 0.25) is 0 Å². The summed E-state index contributed by atoms with van der Waals surface area (Å²) in [5.74, 6) is 0.846. The molecule has 1 rings (SSSR count). The van der Waals surface area contributed by atoms with Crippen molar-refractivity contribution in [3.63, 3.8) is 0 Å². The number of carbonyl (C=O) groups is 1. The first-order valence-electron chi connectivity index (χ1n) is 3.94. The summed E-state index contributed by atoms with van der Waals surface area (Å²) in [6.45, 7) is 4.26. The third-order valence-corrected chi connectivity index (χ3v) is 3.66. The van der Waals surface area contributed by atoms with Gasteiger partial charge in [-0.15, -0.1) is 8.58 Å². The van der Waals surface area contributed by atoms with Crippen molar-refractivity contribution < 1.29 is 4.79 Å². The normalized spacial score (nSPS) is 35.6. The third kappa shape index (κ3) is 1.79. The van der Waals surface area contributed by atoms with Crippen LogP contribution in [-0.2, 0) is 4.79 Å². The largest absolute Gasteiger partial charge is 0.299 e. The van der Waals surface area contributed by atoms with Gasteiger partial charge in [-0.05, 0) is 25.2 Å². The number of rotatable bonds is 1. The monoisotopic (exact) mass is 158 g/mol. The molecule has 0 bridgehead atoms. The van der Waals surface area contributed by atoms with Gasteiger partial charge < -0.3 is 0 Å². The van der Waals surface area contributed by atoms with E-state index < -0.39 is 0 Å². The molecule has 1 aliphatic carbocycles. The quantitative estimate of drug-likeness (QED) is 0.534. The number of ketones is 1. The minimum absolute atomic E-state index is 0.354. The molecule has 0 radical (unpaired) electrons. The fraction of sp³-hybridized carbons (Fsp3) is 0.875. The van der Waals surface area contributed by atoms with Gasteiger partial charge in [-0.25, -0.2) is 0 Å². The van der Waals surface area contributed by atoms with E-state index >= 15 is 0 Å². The van der Waals surface area contributed by atoms with Gasteiger partial charge in [0.1, 0.15) is 5.78 Å². The van der Waals surface area contributed by atoms with Gasteiger partial charge >= 0.3 is 0 Å². The lowest BCUT2D eigenvalue weighted by Crippen LogP contribution is -2.23. The molecule has 0 aromatic rings. The highest BCUT2D eigenvalue weighted by atomic mass is 31.1. The summed E-state index contributed by atoms with van der Waals surface area (Å²) in [6.07, 6.45) is 3.27. The van der Waals surface area contributed by atoms with E-state index in [-0.39, 0.29) is 0 Å². The first-order valence-corrected chi connectivity index (χ1v) is 5.51. The highest BCUT2D eigenvalue weighted by Crippen LogP contribution is 2.30. The minimum atomic E-state index is 0.354. The lowest BCUT2D eigenvalue weighted by atomic mass is 9.89. The molecule has 1 fully saturated rings. The summed E-state index contributed by atoms with van der Waals surface area (Å²) >= 11 is 0. The molecule has 1 nitrogen and oxygen atoms in total. The van der Waals surface area contributed by atoms with Crippen molar-refractivity contribution in [2.75, 3.05) is 6.66 Å².